The second-order valence-corrected chi connectivity index (χ2v) is 4.13. The molecule has 1 aliphatic carbocycles. The fraction of sp³-hybridized carbons (Fsp3) is 0.500. The molecular formula is C12H16FN. The highest BCUT2D eigenvalue weighted by molar-refractivity contribution is 5.29. The zero-order chi connectivity index (χ0) is 10.0. The minimum absolute atomic E-state index is 0.588. The van der Waals surface area contributed by atoms with Crippen LogP contribution in [0, 0.1) is 0 Å². The third-order valence-electron chi connectivity index (χ3n) is 2.79. The van der Waals surface area contributed by atoms with Crippen LogP contribution in [-0.2, 0) is 13.0 Å². The van der Waals surface area contributed by atoms with E-state index in [-0.39, 0.29) is 0 Å². The number of rotatable bonds is 4. The van der Waals surface area contributed by atoms with Crippen molar-refractivity contribution in [3.8, 4) is 0 Å². The lowest BCUT2D eigenvalue weighted by Crippen LogP contribution is -2.11. The van der Waals surface area contributed by atoms with E-state index in [4.69, 9.17) is 0 Å². The number of benzene rings is 1. The quantitative estimate of drug-likeness (QED) is 0.774. The van der Waals surface area contributed by atoms with Crippen molar-refractivity contribution >= 4 is 0 Å². The first kappa shape index (κ1) is 9.66. The topological polar surface area (TPSA) is 12.0 Å². The molecule has 2 rings (SSSR count). The largest absolute Gasteiger partial charge is 0.316 e. The molecule has 0 atom stereocenters. The lowest BCUT2D eigenvalue weighted by atomic mass is 10.0. The molecule has 1 saturated carbocycles. The molecule has 1 aromatic carbocycles. The average Bonchev–Trinajstić information content (AvgIpc) is 2.88. The molecule has 0 aliphatic heterocycles. The van der Waals surface area contributed by atoms with Gasteiger partial charge in [-0.1, -0.05) is 24.3 Å². The maximum atomic E-state index is 13.6. The zero-order valence-corrected chi connectivity index (χ0v) is 8.52. The molecule has 1 N–H and O–H groups in total. The van der Waals surface area contributed by atoms with E-state index in [9.17, 15) is 4.39 Å². The van der Waals surface area contributed by atoms with Gasteiger partial charge in [-0.05, 0) is 31.0 Å². The molecule has 2 heteroatoms. The highest BCUT2D eigenvalue weighted by Gasteiger charge is 2.43. The van der Waals surface area contributed by atoms with Gasteiger partial charge in [0, 0.05) is 13.0 Å². The lowest BCUT2D eigenvalue weighted by Gasteiger charge is -2.10. The van der Waals surface area contributed by atoms with Crippen molar-refractivity contribution in [1.29, 1.82) is 0 Å². The third kappa shape index (κ3) is 2.13. The molecule has 1 aromatic rings. The van der Waals surface area contributed by atoms with Crippen LogP contribution < -0.4 is 5.32 Å². The summed E-state index contributed by atoms with van der Waals surface area (Å²) in [5.41, 5.74) is 1.49. The predicted molar refractivity (Wildman–Crippen MR) is 56.0 cm³/mol. The van der Waals surface area contributed by atoms with E-state index in [0.29, 0.717) is 6.42 Å². The van der Waals surface area contributed by atoms with Crippen LogP contribution in [0.2, 0.25) is 0 Å². The highest BCUT2D eigenvalue weighted by atomic mass is 19.1. The Balaban J connectivity index is 2.14. The lowest BCUT2D eigenvalue weighted by molar-refractivity contribution is 0.307. The number of alkyl halides is 1. The zero-order valence-electron chi connectivity index (χ0n) is 8.52. The van der Waals surface area contributed by atoms with Crippen molar-refractivity contribution in [2.45, 2.75) is 31.5 Å². The molecule has 0 spiro atoms. The van der Waals surface area contributed by atoms with Crippen LogP contribution >= 0.6 is 0 Å². The first-order valence-corrected chi connectivity index (χ1v) is 5.14. The summed E-state index contributed by atoms with van der Waals surface area (Å²) in [7, 11) is 1.92. The fourth-order valence-electron chi connectivity index (χ4n) is 1.75. The normalized spacial score (nSPS) is 18.1. The number of nitrogens with one attached hydrogen (secondary N) is 1. The summed E-state index contributed by atoms with van der Waals surface area (Å²) in [6.45, 7) is 0.826. The molecule has 0 aromatic heterocycles. The molecule has 14 heavy (non-hydrogen) atoms. The van der Waals surface area contributed by atoms with Crippen molar-refractivity contribution in [2.24, 2.45) is 0 Å². The molecule has 1 fully saturated rings. The number of hydrogen-bond donors (Lipinski definition) is 1. The second kappa shape index (κ2) is 3.70. The SMILES string of the molecule is CNCc1ccccc1CC1(F)CC1. The molecular weight excluding hydrogens is 177 g/mol. The number of hydrogen-bond acceptors (Lipinski definition) is 1. The summed E-state index contributed by atoms with van der Waals surface area (Å²) in [4.78, 5) is 0. The van der Waals surface area contributed by atoms with E-state index in [1.807, 2.05) is 25.2 Å². The highest BCUT2D eigenvalue weighted by Crippen LogP contribution is 2.43. The first-order chi connectivity index (χ1) is 6.73. The second-order valence-electron chi connectivity index (χ2n) is 4.13. The Morgan fingerprint density at radius 1 is 1.29 bits per heavy atom. The van der Waals surface area contributed by atoms with Crippen LogP contribution in [0.1, 0.15) is 24.0 Å². The Hall–Kier alpha value is -0.890. The molecule has 0 unspecified atom stereocenters. The van der Waals surface area contributed by atoms with E-state index >= 15 is 0 Å². The molecule has 0 bridgehead atoms. The molecule has 0 amide bonds. The molecule has 1 aliphatic rings. The van der Waals surface area contributed by atoms with Crippen LogP contribution in [0.4, 0.5) is 4.39 Å². The van der Waals surface area contributed by atoms with Gasteiger partial charge in [0.2, 0.25) is 0 Å². The van der Waals surface area contributed by atoms with Crippen LogP contribution in [-0.4, -0.2) is 12.7 Å². The summed E-state index contributed by atoms with van der Waals surface area (Å²) in [6.07, 6.45) is 2.06. The van der Waals surface area contributed by atoms with E-state index in [0.717, 1.165) is 24.9 Å². The van der Waals surface area contributed by atoms with Gasteiger partial charge in [-0.2, -0.15) is 0 Å². The van der Waals surface area contributed by atoms with Gasteiger partial charge in [-0.15, -0.1) is 0 Å². The maximum Gasteiger partial charge on any atom is 0.115 e. The van der Waals surface area contributed by atoms with Gasteiger partial charge in [0.1, 0.15) is 5.67 Å². The van der Waals surface area contributed by atoms with Gasteiger partial charge < -0.3 is 5.32 Å². The summed E-state index contributed by atoms with van der Waals surface area (Å²) in [5.74, 6) is 0. The van der Waals surface area contributed by atoms with Crippen molar-refractivity contribution in [3.05, 3.63) is 35.4 Å². The fourth-order valence-corrected chi connectivity index (χ4v) is 1.75. The standard InChI is InChI=1S/C12H16FN/c1-14-9-11-5-3-2-4-10(11)8-12(13)6-7-12/h2-5,14H,6-9H2,1H3. The van der Waals surface area contributed by atoms with E-state index in [1.165, 1.54) is 5.56 Å². The predicted octanol–water partition coefficient (Wildman–Crippen LogP) is 2.45. The smallest absolute Gasteiger partial charge is 0.115 e. The Morgan fingerprint density at radius 2 is 1.93 bits per heavy atom. The molecule has 0 heterocycles. The third-order valence-corrected chi connectivity index (χ3v) is 2.79. The van der Waals surface area contributed by atoms with Gasteiger partial charge in [-0.25, -0.2) is 4.39 Å². The Bertz CT molecular complexity index is 318. The van der Waals surface area contributed by atoms with Gasteiger partial charge >= 0.3 is 0 Å². The molecule has 1 nitrogen and oxygen atoms in total. The van der Waals surface area contributed by atoms with E-state index in [2.05, 4.69) is 11.4 Å². The van der Waals surface area contributed by atoms with Crippen molar-refractivity contribution in [3.63, 3.8) is 0 Å². The summed E-state index contributed by atoms with van der Waals surface area (Å²) < 4.78 is 13.6. The maximum absolute atomic E-state index is 13.6. The van der Waals surface area contributed by atoms with Gasteiger partial charge in [0.05, 0.1) is 0 Å². The monoisotopic (exact) mass is 193 g/mol. The molecule has 76 valence electrons. The minimum Gasteiger partial charge on any atom is -0.316 e. The van der Waals surface area contributed by atoms with Gasteiger partial charge in [-0.3, -0.25) is 0 Å². The van der Waals surface area contributed by atoms with E-state index < -0.39 is 5.67 Å². The Morgan fingerprint density at radius 3 is 2.50 bits per heavy atom. The molecule has 0 radical (unpaired) electrons. The van der Waals surface area contributed by atoms with Gasteiger partial charge in [0.25, 0.3) is 0 Å². The van der Waals surface area contributed by atoms with Crippen molar-refractivity contribution in [1.82, 2.24) is 5.32 Å². The summed E-state index contributed by atoms with van der Waals surface area (Å²) in [5, 5.41) is 3.11. The van der Waals surface area contributed by atoms with Crippen LogP contribution in [0.3, 0.4) is 0 Å². The first-order valence-electron chi connectivity index (χ1n) is 5.14. The van der Waals surface area contributed by atoms with Crippen LogP contribution in [0.25, 0.3) is 0 Å². The summed E-state index contributed by atoms with van der Waals surface area (Å²) in [6, 6.07) is 8.10. The minimum atomic E-state index is -0.885. The summed E-state index contributed by atoms with van der Waals surface area (Å²) >= 11 is 0. The molecule has 0 saturated heterocycles. The Labute approximate surface area is 84.3 Å². The van der Waals surface area contributed by atoms with E-state index in [1.54, 1.807) is 0 Å². The van der Waals surface area contributed by atoms with Crippen molar-refractivity contribution < 1.29 is 4.39 Å². The van der Waals surface area contributed by atoms with Crippen molar-refractivity contribution in [2.75, 3.05) is 7.05 Å². The van der Waals surface area contributed by atoms with Crippen LogP contribution in [0.15, 0.2) is 24.3 Å². The van der Waals surface area contributed by atoms with Crippen LogP contribution in [0.5, 0.6) is 0 Å². The Kier molecular flexibility index (Phi) is 2.55. The average molecular weight is 193 g/mol. The number of halogens is 1. The van der Waals surface area contributed by atoms with Gasteiger partial charge in [0.15, 0.2) is 0 Å².